The van der Waals surface area contributed by atoms with Gasteiger partial charge < -0.3 is 9.84 Å². The Morgan fingerprint density at radius 2 is 2.15 bits per heavy atom. The van der Waals surface area contributed by atoms with E-state index in [4.69, 9.17) is 4.74 Å². The van der Waals surface area contributed by atoms with Crippen molar-refractivity contribution in [1.29, 1.82) is 0 Å². The predicted molar refractivity (Wildman–Crippen MR) is 77.0 cm³/mol. The van der Waals surface area contributed by atoms with E-state index in [9.17, 15) is 9.90 Å². The molecule has 0 aromatic rings. The van der Waals surface area contributed by atoms with Gasteiger partial charge in [0.1, 0.15) is 0 Å². The molecule has 3 saturated carbocycles. The molecule has 20 heavy (non-hydrogen) atoms. The first-order chi connectivity index (χ1) is 9.58. The van der Waals surface area contributed by atoms with Crippen LogP contribution in [0.3, 0.4) is 0 Å². The molecule has 0 heterocycles. The highest BCUT2D eigenvalue weighted by molar-refractivity contribution is 5.83. The van der Waals surface area contributed by atoms with E-state index in [-0.39, 0.29) is 17.5 Å². The Balaban J connectivity index is 1.85. The van der Waals surface area contributed by atoms with Crippen LogP contribution in [-0.4, -0.2) is 23.8 Å². The van der Waals surface area contributed by atoms with Crippen molar-refractivity contribution in [3.8, 4) is 0 Å². The fraction of sp³-hybridized carbons (Fsp3) is 0.824. The molecule has 3 nitrogen and oxygen atoms in total. The van der Waals surface area contributed by atoms with Crippen molar-refractivity contribution in [3.05, 3.63) is 11.6 Å². The zero-order valence-corrected chi connectivity index (χ0v) is 12.6. The predicted octanol–water partition coefficient (Wildman–Crippen LogP) is 3.07. The lowest BCUT2D eigenvalue weighted by molar-refractivity contribution is -0.137. The number of esters is 1. The average Bonchev–Trinajstić information content (AvgIpc) is 2.87. The average molecular weight is 278 g/mol. The second-order valence-corrected chi connectivity index (χ2v) is 6.92. The van der Waals surface area contributed by atoms with E-state index in [1.165, 1.54) is 24.8 Å². The van der Waals surface area contributed by atoms with Gasteiger partial charge in [-0.05, 0) is 62.2 Å². The lowest BCUT2D eigenvalue weighted by Crippen LogP contribution is -2.40. The van der Waals surface area contributed by atoms with Crippen LogP contribution in [0.2, 0.25) is 0 Å². The lowest BCUT2D eigenvalue weighted by Gasteiger charge is -2.43. The zero-order valence-electron chi connectivity index (χ0n) is 12.6. The minimum atomic E-state index is -0.196. The van der Waals surface area contributed by atoms with Gasteiger partial charge in [0.25, 0.3) is 0 Å². The van der Waals surface area contributed by atoms with Crippen molar-refractivity contribution in [2.24, 2.45) is 23.2 Å². The molecule has 112 valence electrons. The van der Waals surface area contributed by atoms with Crippen LogP contribution in [0, 0.1) is 23.2 Å². The molecule has 0 aliphatic heterocycles. The van der Waals surface area contributed by atoms with Crippen molar-refractivity contribution >= 4 is 5.97 Å². The maximum absolute atomic E-state index is 11.7. The molecule has 5 atom stereocenters. The summed E-state index contributed by atoms with van der Waals surface area (Å²) < 4.78 is 5.06. The summed E-state index contributed by atoms with van der Waals surface area (Å²) >= 11 is 0. The molecule has 1 spiro atoms. The van der Waals surface area contributed by atoms with E-state index in [1.807, 2.05) is 6.92 Å². The van der Waals surface area contributed by atoms with Gasteiger partial charge in [-0.1, -0.05) is 18.9 Å². The highest BCUT2D eigenvalue weighted by Gasteiger charge is 2.59. The molecule has 1 N–H and O–H groups in total. The summed E-state index contributed by atoms with van der Waals surface area (Å²) in [5.74, 6) is 1.38. The molecule has 0 amide bonds. The third-order valence-electron chi connectivity index (χ3n) is 6.18. The van der Waals surface area contributed by atoms with Gasteiger partial charge in [0.15, 0.2) is 0 Å². The molecule has 3 aliphatic carbocycles. The van der Waals surface area contributed by atoms with Crippen LogP contribution < -0.4 is 0 Å². The first kappa shape index (κ1) is 14.1. The summed E-state index contributed by atoms with van der Waals surface area (Å²) in [5, 5.41) is 10.3. The SMILES string of the molecule is CCOC(=O)/C=C1\C[C@]23CCC[C@H](O)[C@@H]2CC[C@@H]3[C@@H]1C. The van der Waals surface area contributed by atoms with Crippen LogP contribution in [0.1, 0.15) is 52.4 Å². The van der Waals surface area contributed by atoms with Gasteiger partial charge in [-0.3, -0.25) is 0 Å². The maximum Gasteiger partial charge on any atom is 0.330 e. The Hall–Kier alpha value is -0.830. The van der Waals surface area contributed by atoms with E-state index in [0.29, 0.717) is 24.4 Å². The quantitative estimate of drug-likeness (QED) is 0.624. The Bertz CT molecular complexity index is 428. The topological polar surface area (TPSA) is 46.5 Å². The van der Waals surface area contributed by atoms with Gasteiger partial charge >= 0.3 is 5.97 Å². The van der Waals surface area contributed by atoms with Crippen LogP contribution in [0.25, 0.3) is 0 Å². The molecule has 0 saturated heterocycles. The molecule has 0 bridgehead atoms. The number of carbonyl (C=O) groups excluding carboxylic acids is 1. The minimum Gasteiger partial charge on any atom is -0.463 e. The number of hydrogen-bond acceptors (Lipinski definition) is 3. The van der Waals surface area contributed by atoms with Crippen molar-refractivity contribution in [3.63, 3.8) is 0 Å². The van der Waals surface area contributed by atoms with Crippen LogP contribution in [0.15, 0.2) is 11.6 Å². The molecule has 3 heteroatoms. The van der Waals surface area contributed by atoms with Crippen molar-refractivity contribution < 1.29 is 14.6 Å². The first-order valence-corrected chi connectivity index (χ1v) is 8.14. The van der Waals surface area contributed by atoms with E-state index >= 15 is 0 Å². The summed E-state index contributed by atoms with van der Waals surface area (Å²) in [6.07, 6.45) is 8.31. The normalized spacial score (nSPS) is 45.2. The number of carbonyl (C=O) groups is 1. The molecular weight excluding hydrogens is 252 g/mol. The smallest absolute Gasteiger partial charge is 0.330 e. The fourth-order valence-electron chi connectivity index (χ4n) is 5.41. The lowest BCUT2D eigenvalue weighted by atomic mass is 9.63. The standard InChI is InChI=1S/C17H26O3/c1-3-20-16(19)9-12-10-17-8-4-5-15(18)14(17)7-6-13(17)11(12)2/h9,11,13-15,18H,3-8,10H2,1-2H3/b12-9+/t11-,13-,14+,15+,17+/m1/s1. The highest BCUT2D eigenvalue weighted by Crippen LogP contribution is 2.66. The Labute approximate surface area is 121 Å². The van der Waals surface area contributed by atoms with Gasteiger partial charge in [0, 0.05) is 6.08 Å². The Morgan fingerprint density at radius 1 is 1.40 bits per heavy atom. The third kappa shape index (κ3) is 2.02. The van der Waals surface area contributed by atoms with Gasteiger partial charge in [-0.2, -0.15) is 0 Å². The molecule has 3 aliphatic rings. The van der Waals surface area contributed by atoms with Gasteiger partial charge in [0.05, 0.1) is 12.7 Å². The van der Waals surface area contributed by atoms with Gasteiger partial charge in [0.2, 0.25) is 0 Å². The zero-order chi connectivity index (χ0) is 14.3. The molecular formula is C17H26O3. The van der Waals surface area contributed by atoms with E-state index in [2.05, 4.69) is 6.92 Å². The summed E-state index contributed by atoms with van der Waals surface area (Å²) in [6.45, 7) is 4.54. The van der Waals surface area contributed by atoms with E-state index in [1.54, 1.807) is 6.08 Å². The Kier molecular flexibility index (Phi) is 3.65. The van der Waals surface area contributed by atoms with E-state index < -0.39 is 0 Å². The number of ether oxygens (including phenoxy) is 1. The third-order valence-corrected chi connectivity index (χ3v) is 6.18. The molecule has 3 fully saturated rings. The number of allylic oxidation sites excluding steroid dienone is 1. The van der Waals surface area contributed by atoms with Crippen molar-refractivity contribution in [1.82, 2.24) is 0 Å². The number of aliphatic hydroxyl groups excluding tert-OH is 1. The summed E-state index contributed by atoms with van der Waals surface area (Å²) in [7, 11) is 0. The minimum absolute atomic E-state index is 0.122. The molecule has 0 aromatic carbocycles. The second-order valence-electron chi connectivity index (χ2n) is 6.92. The summed E-state index contributed by atoms with van der Waals surface area (Å²) in [4.78, 5) is 11.7. The fourth-order valence-corrected chi connectivity index (χ4v) is 5.41. The molecule has 0 unspecified atom stereocenters. The van der Waals surface area contributed by atoms with Crippen LogP contribution >= 0.6 is 0 Å². The van der Waals surface area contributed by atoms with Crippen LogP contribution in [-0.2, 0) is 9.53 Å². The first-order valence-electron chi connectivity index (χ1n) is 8.14. The highest BCUT2D eigenvalue weighted by atomic mass is 16.5. The molecule has 3 rings (SSSR count). The van der Waals surface area contributed by atoms with E-state index in [0.717, 1.165) is 19.3 Å². The van der Waals surface area contributed by atoms with Crippen LogP contribution in [0.4, 0.5) is 0 Å². The summed E-state index contributed by atoms with van der Waals surface area (Å²) in [5.41, 5.74) is 1.53. The molecule has 0 aromatic heterocycles. The monoisotopic (exact) mass is 278 g/mol. The van der Waals surface area contributed by atoms with Gasteiger partial charge in [-0.25, -0.2) is 4.79 Å². The Morgan fingerprint density at radius 3 is 2.90 bits per heavy atom. The van der Waals surface area contributed by atoms with Crippen LogP contribution in [0.5, 0.6) is 0 Å². The maximum atomic E-state index is 11.7. The molecule has 0 radical (unpaired) electrons. The van der Waals surface area contributed by atoms with Crippen molar-refractivity contribution in [2.75, 3.05) is 6.61 Å². The largest absolute Gasteiger partial charge is 0.463 e. The number of rotatable bonds is 2. The van der Waals surface area contributed by atoms with Crippen molar-refractivity contribution in [2.45, 2.75) is 58.5 Å². The van der Waals surface area contributed by atoms with Gasteiger partial charge in [-0.15, -0.1) is 0 Å². The number of hydrogen-bond donors (Lipinski definition) is 1. The second kappa shape index (κ2) is 5.18. The summed E-state index contributed by atoms with van der Waals surface area (Å²) in [6, 6.07) is 0. The number of aliphatic hydroxyl groups is 1.